The summed E-state index contributed by atoms with van der Waals surface area (Å²) in [5, 5.41) is 10.8. The third kappa shape index (κ3) is 2.11. The topological polar surface area (TPSA) is 59.1 Å². The van der Waals surface area contributed by atoms with Crippen LogP contribution in [0.4, 0.5) is 0 Å². The van der Waals surface area contributed by atoms with Crippen molar-refractivity contribution in [2.75, 3.05) is 0 Å². The van der Waals surface area contributed by atoms with E-state index >= 15 is 0 Å². The maximum Gasteiger partial charge on any atom is 0.170 e. The molecule has 0 spiro atoms. The summed E-state index contributed by atoms with van der Waals surface area (Å²) in [7, 11) is 0. The van der Waals surface area contributed by atoms with E-state index in [4.69, 9.17) is 9.47 Å². The number of hydrogen-bond donors (Lipinski definition) is 1. The Bertz CT molecular complexity index is 529. The highest BCUT2D eigenvalue weighted by molar-refractivity contribution is 5.91. The lowest BCUT2D eigenvalue weighted by molar-refractivity contribution is -0.215. The second-order valence-electron chi connectivity index (χ2n) is 9.11. The monoisotopic (exact) mass is 322 g/mol. The number of fused-ring (bicyclic) bond motifs is 5. The first-order valence-electron chi connectivity index (χ1n) is 9.33. The van der Waals surface area contributed by atoms with Crippen molar-refractivity contribution in [1.29, 1.82) is 0 Å². The minimum Gasteiger partial charge on any atom is -0.365 e. The maximum absolute atomic E-state index is 13.1. The normalized spacial score (nSPS) is 54.5. The van der Waals surface area contributed by atoms with Gasteiger partial charge in [0.25, 0.3) is 0 Å². The number of Topliss-reactive ketones (excluding diaryl/α,β-unsaturated/α-hetero) is 1. The highest BCUT2D eigenvalue weighted by Crippen LogP contribution is 2.61. The number of hydrogen-bond acceptors (Lipinski definition) is 4. The number of carbonyl (C=O) groups excluding carboxylic acids is 1. The molecule has 23 heavy (non-hydrogen) atoms. The van der Waals surface area contributed by atoms with E-state index in [9.17, 15) is 9.90 Å². The number of ether oxygens (including phenoxy) is 2. The molecule has 0 aromatic heterocycles. The standard InChI is InChI=1S/C19H30O4/c1-5-19(21)10-12-13(23-19)11-8-6-7-9-18(11,4)16-14(22-16)15(20)17(12,2)3/h11-14,16,21H,5-10H2,1-4H3/t11?,12-,13?,14?,16?,18?,19?/m0/s1. The van der Waals surface area contributed by atoms with Crippen molar-refractivity contribution in [1.82, 2.24) is 0 Å². The van der Waals surface area contributed by atoms with Gasteiger partial charge < -0.3 is 14.6 Å². The van der Waals surface area contributed by atoms with Crippen LogP contribution in [-0.4, -0.2) is 35.0 Å². The average molecular weight is 322 g/mol. The number of rotatable bonds is 1. The zero-order chi connectivity index (χ0) is 16.6. The minimum absolute atomic E-state index is 0.0109. The Balaban J connectivity index is 1.79. The van der Waals surface area contributed by atoms with E-state index in [0.717, 1.165) is 12.8 Å². The van der Waals surface area contributed by atoms with Crippen molar-refractivity contribution in [3.05, 3.63) is 0 Å². The molecule has 7 atom stereocenters. The highest BCUT2D eigenvalue weighted by atomic mass is 16.6. The molecule has 0 aromatic carbocycles. The molecule has 0 amide bonds. The van der Waals surface area contributed by atoms with Crippen molar-refractivity contribution in [2.24, 2.45) is 22.7 Å². The lowest BCUT2D eigenvalue weighted by Crippen LogP contribution is -2.52. The van der Waals surface area contributed by atoms with Gasteiger partial charge in [-0.2, -0.15) is 0 Å². The summed E-state index contributed by atoms with van der Waals surface area (Å²) in [4.78, 5) is 13.1. The second-order valence-corrected chi connectivity index (χ2v) is 9.11. The first kappa shape index (κ1) is 16.0. The fourth-order valence-electron chi connectivity index (χ4n) is 5.74. The largest absolute Gasteiger partial charge is 0.365 e. The van der Waals surface area contributed by atoms with Crippen LogP contribution in [0.5, 0.6) is 0 Å². The third-order valence-electron chi connectivity index (χ3n) is 7.53. The van der Waals surface area contributed by atoms with Crippen LogP contribution in [0, 0.1) is 22.7 Å². The Kier molecular flexibility index (Phi) is 3.35. The Morgan fingerprint density at radius 1 is 1.22 bits per heavy atom. The fraction of sp³-hybridized carbons (Fsp3) is 0.947. The highest BCUT2D eigenvalue weighted by Gasteiger charge is 2.68. The van der Waals surface area contributed by atoms with Crippen LogP contribution in [0.15, 0.2) is 0 Å². The van der Waals surface area contributed by atoms with E-state index in [1.807, 2.05) is 20.8 Å². The first-order valence-corrected chi connectivity index (χ1v) is 9.33. The van der Waals surface area contributed by atoms with E-state index in [2.05, 4.69) is 6.92 Å². The molecule has 2 saturated carbocycles. The predicted octanol–water partition coefficient (Wildman–Crippen LogP) is 3.06. The van der Waals surface area contributed by atoms with Crippen LogP contribution in [0.25, 0.3) is 0 Å². The smallest absolute Gasteiger partial charge is 0.170 e. The van der Waals surface area contributed by atoms with Gasteiger partial charge >= 0.3 is 0 Å². The van der Waals surface area contributed by atoms with Crippen LogP contribution in [0.1, 0.15) is 66.2 Å². The summed E-state index contributed by atoms with van der Waals surface area (Å²) >= 11 is 0. The van der Waals surface area contributed by atoms with Gasteiger partial charge in [-0.1, -0.05) is 40.5 Å². The van der Waals surface area contributed by atoms with Crippen molar-refractivity contribution in [3.8, 4) is 0 Å². The van der Waals surface area contributed by atoms with Crippen LogP contribution < -0.4 is 0 Å². The van der Waals surface area contributed by atoms with Gasteiger partial charge in [-0.25, -0.2) is 0 Å². The average Bonchev–Trinajstić information content (AvgIpc) is 3.24. The Morgan fingerprint density at radius 2 is 1.96 bits per heavy atom. The van der Waals surface area contributed by atoms with Gasteiger partial charge in [0.15, 0.2) is 11.6 Å². The zero-order valence-corrected chi connectivity index (χ0v) is 14.8. The van der Waals surface area contributed by atoms with E-state index in [1.54, 1.807) is 0 Å². The molecule has 2 heterocycles. The van der Waals surface area contributed by atoms with E-state index < -0.39 is 11.2 Å². The molecular formula is C19H30O4. The fourth-order valence-corrected chi connectivity index (χ4v) is 5.74. The molecule has 0 aromatic rings. The van der Waals surface area contributed by atoms with Gasteiger partial charge in [0.2, 0.25) is 0 Å². The number of aliphatic hydroxyl groups is 1. The summed E-state index contributed by atoms with van der Waals surface area (Å²) in [5.41, 5.74) is -0.487. The summed E-state index contributed by atoms with van der Waals surface area (Å²) in [6, 6.07) is 0. The lowest BCUT2D eigenvalue weighted by atomic mass is 9.55. The Labute approximate surface area is 138 Å². The van der Waals surface area contributed by atoms with Gasteiger partial charge in [-0.15, -0.1) is 0 Å². The Morgan fingerprint density at radius 3 is 2.65 bits per heavy atom. The maximum atomic E-state index is 13.1. The van der Waals surface area contributed by atoms with Crippen molar-refractivity contribution in [2.45, 2.75) is 90.3 Å². The summed E-state index contributed by atoms with van der Waals surface area (Å²) in [6.07, 6.45) is 5.57. The molecule has 1 N–H and O–H groups in total. The predicted molar refractivity (Wildman–Crippen MR) is 85.7 cm³/mol. The van der Waals surface area contributed by atoms with Crippen LogP contribution in [-0.2, 0) is 14.3 Å². The number of ketones is 1. The molecule has 4 aliphatic rings. The van der Waals surface area contributed by atoms with Gasteiger partial charge in [0.1, 0.15) is 6.10 Å². The van der Waals surface area contributed by atoms with Gasteiger partial charge in [-0.05, 0) is 25.2 Å². The molecule has 0 bridgehead atoms. The zero-order valence-electron chi connectivity index (χ0n) is 14.8. The van der Waals surface area contributed by atoms with Gasteiger partial charge in [-0.3, -0.25) is 4.79 Å². The van der Waals surface area contributed by atoms with E-state index in [0.29, 0.717) is 18.8 Å². The molecule has 130 valence electrons. The molecule has 2 aliphatic heterocycles. The molecule has 4 heteroatoms. The molecule has 2 aliphatic carbocycles. The van der Waals surface area contributed by atoms with Crippen LogP contribution in [0.2, 0.25) is 0 Å². The van der Waals surface area contributed by atoms with Crippen LogP contribution in [0.3, 0.4) is 0 Å². The first-order chi connectivity index (χ1) is 10.7. The third-order valence-corrected chi connectivity index (χ3v) is 7.53. The van der Waals surface area contributed by atoms with Crippen molar-refractivity contribution in [3.63, 3.8) is 0 Å². The minimum atomic E-state index is -1.07. The number of epoxide rings is 1. The summed E-state index contributed by atoms with van der Waals surface area (Å²) in [5.74, 6) is -0.399. The van der Waals surface area contributed by atoms with Gasteiger partial charge in [0, 0.05) is 23.2 Å². The van der Waals surface area contributed by atoms with Crippen LogP contribution >= 0.6 is 0 Å². The molecule has 0 radical (unpaired) electrons. The lowest BCUT2D eigenvalue weighted by Gasteiger charge is -2.48. The summed E-state index contributed by atoms with van der Waals surface area (Å²) in [6.45, 7) is 8.31. The summed E-state index contributed by atoms with van der Waals surface area (Å²) < 4.78 is 12.2. The SMILES string of the molecule is CCC1(O)C[C@H]2C(O1)C1CCCCC1(C)C1OC1C(=O)C2(C)C. The molecule has 4 fully saturated rings. The molecule has 6 unspecified atom stereocenters. The van der Waals surface area contributed by atoms with E-state index in [1.165, 1.54) is 12.8 Å². The second kappa shape index (κ2) is 4.80. The van der Waals surface area contributed by atoms with Crippen molar-refractivity contribution >= 4 is 5.78 Å². The molecule has 2 saturated heterocycles. The number of carbonyl (C=O) groups is 1. The molecular weight excluding hydrogens is 292 g/mol. The Hall–Kier alpha value is -0.450. The van der Waals surface area contributed by atoms with Gasteiger partial charge in [0.05, 0.1) is 12.2 Å². The quantitative estimate of drug-likeness (QED) is 0.754. The molecule has 4 rings (SSSR count). The van der Waals surface area contributed by atoms with E-state index in [-0.39, 0.29) is 35.4 Å². The molecule has 4 nitrogen and oxygen atoms in total. The van der Waals surface area contributed by atoms with Crippen molar-refractivity contribution < 1.29 is 19.4 Å².